The number of hydrogen-bond donors (Lipinski definition) is 1. The summed E-state index contributed by atoms with van der Waals surface area (Å²) in [5.41, 5.74) is 3.28. The number of rotatable bonds is 10. The van der Waals surface area contributed by atoms with Crippen molar-refractivity contribution in [1.82, 2.24) is 9.80 Å². The molecule has 1 N–H and O–H groups in total. The summed E-state index contributed by atoms with van der Waals surface area (Å²) in [5.74, 6) is -1.29. The number of ether oxygens (including phenoxy) is 2. The van der Waals surface area contributed by atoms with Gasteiger partial charge in [0.1, 0.15) is 0 Å². The second-order valence-corrected chi connectivity index (χ2v) is 12.3. The lowest BCUT2D eigenvalue weighted by Crippen LogP contribution is -2.27. The lowest BCUT2D eigenvalue weighted by molar-refractivity contribution is -0.139. The van der Waals surface area contributed by atoms with E-state index in [0.29, 0.717) is 24.4 Å². The molecule has 5 rings (SSSR count). The van der Waals surface area contributed by atoms with Crippen LogP contribution in [0.3, 0.4) is 0 Å². The Hall–Kier alpha value is -3.43. The first-order chi connectivity index (χ1) is 20.9. The molecule has 1 fully saturated rings. The largest absolute Gasteiger partial charge is 0.465 e. The normalized spacial score (nSPS) is 17.6. The van der Waals surface area contributed by atoms with E-state index in [1.165, 1.54) is 32.6 Å². The molecule has 3 heterocycles. The van der Waals surface area contributed by atoms with Gasteiger partial charge in [0.05, 0.1) is 43.0 Å². The second-order valence-electron chi connectivity index (χ2n) is 10.8. The molecule has 1 aromatic heterocycles. The lowest BCUT2D eigenvalue weighted by Gasteiger charge is -2.32. The zero-order valence-corrected chi connectivity index (χ0v) is 26.1. The standard InChI is InChI=1S/C34H37ClN2O5S/c1-41-33(39)27-18-24(8-7-17-38)19-29(25-13-11-23(12-14-25)20-36-15-5-6-16-36)37(21-28(27)34(40)42-2)22-31-32(35)26-9-3-4-10-30(26)43-31/h3-4,9-14,18-19,21,29,38H,5-8,15-17,20,22H2,1-2H3. The van der Waals surface area contributed by atoms with Gasteiger partial charge in [-0.15, -0.1) is 11.3 Å². The van der Waals surface area contributed by atoms with Gasteiger partial charge in [-0.3, -0.25) is 4.90 Å². The van der Waals surface area contributed by atoms with Crippen molar-refractivity contribution in [2.24, 2.45) is 0 Å². The Morgan fingerprint density at radius 1 is 0.977 bits per heavy atom. The molecule has 0 amide bonds. The van der Waals surface area contributed by atoms with Crippen molar-refractivity contribution in [3.8, 4) is 0 Å². The zero-order valence-electron chi connectivity index (χ0n) is 24.6. The van der Waals surface area contributed by atoms with Crippen LogP contribution >= 0.6 is 22.9 Å². The molecule has 0 bridgehead atoms. The van der Waals surface area contributed by atoms with Gasteiger partial charge >= 0.3 is 11.9 Å². The molecule has 2 aromatic carbocycles. The van der Waals surface area contributed by atoms with Crippen molar-refractivity contribution < 1.29 is 24.2 Å². The molecule has 226 valence electrons. The van der Waals surface area contributed by atoms with Crippen LogP contribution in [0.1, 0.15) is 47.7 Å². The number of likely N-dealkylation sites (tertiary alicyclic amines) is 1. The molecule has 1 atom stereocenters. The minimum atomic E-state index is -0.646. The Bertz CT molecular complexity index is 1550. The van der Waals surface area contributed by atoms with Crippen LogP contribution in [0, 0.1) is 0 Å². The average Bonchev–Trinajstić information content (AvgIpc) is 3.65. The molecule has 0 saturated carbocycles. The number of fused-ring (bicyclic) bond motifs is 1. The van der Waals surface area contributed by atoms with Crippen LogP contribution in [0.2, 0.25) is 5.02 Å². The zero-order chi connectivity index (χ0) is 30.3. The van der Waals surface area contributed by atoms with Crippen LogP contribution in [0.25, 0.3) is 10.1 Å². The minimum absolute atomic E-state index is 0.00456. The maximum absolute atomic E-state index is 13.2. The van der Waals surface area contributed by atoms with Gasteiger partial charge in [-0.1, -0.05) is 60.1 Å². The van der Waals surface area contributed by atoms with Crippen LogP contribution in [0.15, 0.2) is 83.6 Å². The predicted molar refractivity (Wildman–Crippen MR) is 171 cm³/mol. The monoisotopic (exact) mass is 620 g/mol. The molecule has 1 saturated heterocycles. The topological polar surface area (TPSA) is 79.3 Å². The summed E-state index contributed by atoms with van der Waals surface area (Å²) in [4.78, 5) is 31.6. The molecule has 3 aromatic rings. The fourth-order valence-corrected chi connectivity index (χ4v) is 7.20. The van der Waals surface area contributed by atoms with Gasteiger partial charge in [-0.2, -0.15) is 0 Å². The average molecular weight is 621 g/mol. The number of aliphatic hydroxyl groups is 1. The van der Waals surface area contributed by atoms with Crippen molar-refractivity contribution in [2.45, 2.75) is 44.8 Å². The maximum atomic E-state index is 13.2. The van der Waals surface area contributed by atoms with Crippen LogP contribution < -0.4 is 0 Å². The number of halogens is 1. The van der Waals surface area contributed by atoms with E-state index in [1.807, 2.05) is 29.2 Å². The van der Waals surface area contributed by atoms with Crippen molar-refractivity contribution in [3.05, 3.63) is 105 Å². The van der Waals surface area contributed by atoms with E-state index in [1.54, 1.807) is 23.6 Å². The van der Waals surface area contributed by atoms with E-state index in [9.17, 15) is 14.7 Å². The number of esters is 2. The number of nitrogens with zero attached hydrogens (tertiary/aromatic N) is 2. The third-order valence-corrected chi connectivity index (χ3v) is 9.63. The molecule has 1 unspecified atom stereocenters. The first-order valence-electron chi connectivity index (χ1n) is 14.6. The highest BCUT2D eigenvalue weighted by atomic mass is 35.5. The van der Waals surface area contributed by atoms with Crippen molar-refractivity contribution >= 4 is 45.0 Å². The number of aliphatic hydroxyl groups excluding tert-OH is 1. The Morgan fingerprint density at radius 3 is 2.35 bits per heavy atom. The van der Waals surface area contributed by atoms with Gasteiger partial charge in [0, 0.05) is 34.3 Å². The third kappa shape index (κ3) is 7.21. The van der Waals surface area contributed by atoms with Gasteiger partial charge in [0.25, 0.3) is 0 Å². The van der Waals surface area contributed by atoms with Crippen LogP contribution in [0.4, 0.5) is 0 Å². The van der Waals surface area contributed by atoms with E-state index in [-0.39, 0.29) is 23.8 Å². The highest BCUT2D eigenvalue weighted by molar-refractivity contribution is 7.19. The molecule has 2 aliphatic heterocycles. The molecule has 7 nitrogen and oxygen atoms in total. The minimum Gasteiger partial charge on any atom is -0.465 e. The van der Waals surface area contributed by atoms with Gasteiger partial charge in [-0.25, -0.2) is 9.59 Å². The summed E-state index contributed by atoms with van der Waals surface area (Å²) in [6, 6.07) is 16.3. The third-order valence-electron chi connectivity index (χ3n) is 7.93. The predicted octanol–water partition coefficient (Wildman–Crippen LogP) is 6.56. The summed E-state index contributed by atoms with van der Waals surface area (Å²) < 4.78 is 11.3. The number of allylic oxidation sites excluding steroid dienone is 2. The van der Waals surface area contributed by atoms with Gasteiger partial charge in [0.2, 0.25) is 0 Å². The highest BCUT2D eigenvalue weighted by Crippen LogP contribution is 2.39. The Morgan fingerprint density at radius 2 is 1.67 bits per heavy atom. The van der Waals surface area contributed by atoms with Crippen molar-refractivity contribution in [2.75, 3.05) is 33.9 Å². The molecule has 9 heteroatoms. The summed E-state index contributed by atoms with van der Waals surface area (Å²) in [7, 11) is 2.58. The quantitative estimate of drug-likeness (QED) is 0.257. The van der Waals surface area contributed by atoms with E-state index in [4.69, 9.17) is 21.1 Å². The van der Waals surface area contributed by atoms with Crippen LogP contribution in [-0.2, 0) is 32.2 Å². The Labute approximate surface area is 261 Å². The smallest absolute Gasteiger partial charge is 0.340 e. The highest BCUT2D eigenvalue weighted by Gasteiger charge is 2.29. The van der Waals surface area contributed by atoms with Gasteiger partial charge in [0.15, 0.2) is 0 Å². The van der Waals surface area contributed by atoms with E-state index < -0.39 is 11.9 Å². The summed E-state index contributed by atoms with van der Waals surface area (Å²) in [5, 5.41) is 11.3. The second kappa shape index (κ2) is 14.4. The lowest BCUT2D eigenvalue weighted by atomic mass is 9.93. The number of carbonyl (C=O) groups is 2. The summed E-state index contributed by atoms with van der Waals surface area (Å²) in [6.07, 6.45) is 8.96. The van der Waals surface area contributed by atoms with E-state index in [2.05, 4.69) is 35.2 Å². The Kier molecular flexibility index (Phi) is 10.4. The Balaban J connectivity index is 1.63. The SMILES string of the molecule is COC(=O)C1=CC(CCCO)=CC(c2ccc(CN3CCCC3)cc2)N(Cc2sc3ccccc3c2Cl)C=C1C(=O)OC. The molecule has 0 aliphatic carbocycles. The molecule has 0 radical (unpaired) electrons. The number of methoxy groups -OCH3 is 2. The van der Waals surface area contributed by atoms with Crippen molar-refractivity contribution in [1.29, 1.82) is 0 Å². The molecular weight excluding hydrogens is 584 g/mol. The van der Waals surface area contributed by atoms with Crippen LogP contribution in [-0.4, -0.2) is 60.8 Å². The van der Waals surface area contributed by atoms with Crippen molar-refractivity contribution in [3.63, 3.8) is 0 Å². The fraction of sp³-hybridized carbons (Fsp3) is 0.353. The van der Waals surface area contributed by atoms with E-state index in [0.717, 1.165) is 45.7 Å². The molecule has 43 heavy (non-hydrogen) atoms. The number of thiophene rings is 1. The number of carbonyl (C=O) groups excluding carboxylic acids is 2. The fourth-order valence-electron chi connectivity index (χ4n) is 5.70. The maximum Gasteiger partial charge on any atom is 0.340 e. The van der Waals surface area contributed by atoms with Crippen LogP contribution in [0.5, 0.6) is 0 Å². The summed E-state index contributed by atoms with van der Waals surface area (Å²) >= 11 is 8.51. The first kappa shape index (κ1) is 31.0. The van der Waals surface area contributed by atoms with E-state index >= 15 is 0 Å². The van der Waals surface area contributed by atoms with Gasteiger partial charge < -0.3 is 19.5 Å². The van der Waals surface area contributed by atoms with Gasteiger partial charge in [-0.05, 0) is 67.6 Å². The first-order valence-corrected chi connectivity index (χ1v) is 15.8. The number of hydrogen-bond acceptors (Lipinski definition) is 8. The summed E-state index contributed by atoms with van der Waals surface area (Å²) in [6.45, 7) is 3.55. The molecule has 0 spiro atoms. The number of benzene rings is 2. The molecule has 2 aliphatic rings. The molecular formula is C34H37ClN2O5S.